The Bertz CT molecular complexity index is 292. The van der Waals surface area contributed by atoms with E-state index in [4.69, 9.17) is 21.4 Å². The van der Waals surface area contributed by atoms with Crippen LogP contribution >= 0.6 is 11.6 Å². The molecule has 0 aromatic carbocycles. The molecule has 0 radical (unpaired) electrons. The average molecular weight is 189 g/mol. The van der Waals surface area contributed by atoms with Crippen molar-refractivity contribution in [2.75, 3.05) is 6.07 Å². The zero-order valence-electron chi connectivity index (χ0n) is 5.90. The SMILES string of the molecule is O=C(O)c1cc(OCCl)ncn1. The van der Waals surface area contributed by atoms with Crippen molar-refractivity contribution in [3.63, 3.8) is 0 Å². The maximum atomic E-state index is 10.4. The monoisotopic (exact) mass is 188 g/mol. The van der Waals surface area contributed by atoms with Crippen LogP contribution in [-0.4, -0.2) is 27.1 Å². The van der Waals surface area contributed by atoms with Gasteiger partial charge >= 0.3 is 5.97 Å². The predicted molar refractivity (Wildman–Crippen MR) is 40.3 cm³/mol. The molecule has 1 aromatic rings. The van der Waals surface area contributed by atoms with Crippen LogP contribution in [0, 0.1) is 0 Å². The van der Waals surface area contributed by atoms with Crippen molar-refractivity contribution in [3.05, 3.63) is 18.1 Å². The number of nitrogens with zero attached hydrogens (tertiary/aromatic N) is 2. The number of halogens is 1. The van der Waals surface area contributed by atoms with Crippen LogP contribution in [0.1, 0.15) is 10.5 Å². The van der Waals surface area contributed by atoms with E-state index in [0.717, 1.165) is 6.33 Å². The number of hydrogen-bond donors (Lipinski definition) is 1. The summed E-state index contributed by atoms with van der Waals surface area (Å²) in [5.41, 5.74) is -0.120. The maximum absolute atomic E-state index is 10.4. The quantitative estimate of drug-likeness (QED) is 0.709. The van der Waals surface area contributed by atoms with Gasteiger partial charge in [0, 0.05) is 6.07 Å². The van der Waals surface area contributed by atoms with Crippen LogP contribution in [0.25, 0.3) is 0 Å². The molecule has 0 unspecified atom stereocenters. The van der Waals surface area contributed by atoms with Crippen LogP contribution in [0.5, 0.6) is 5.88 Å². The molecule has 0 aliphatic carbocycles. The fourth-order valence-corrected chi connectivity index (χ4v) is 0.703. The second kappa shape index (κ2) is 3.87. The lowest BCUT2D eigenvalue weighted by Crippen LogP contribution is -2.02. The van der Waals surface area contributed by atoms with E-state index in [2.05, 4.69) is 9.97 Å². The van der Waals surface area contributed by atoms with Crippen molar-refractivity contribution in [1.82, 2.24) is 9.97 Å². The van der Waals surface area contributed by atoms with Gasteiger partial charge < -0.3 is 9.84 Å². The van der Waals surface area contributed by atoms with Gasteiger partial charge in [0.05, 0.1) is 0 Å². The second-order valence-electron chi connectivity index (χ2n) is 1.80. The number of aromatic carboxylic acids is 1. The lowest BCUT2D eigenvalue weighted by Gasteiger charge is -1.99. The molecule has 0 atom stereocenters. The van der Waals surface area contributed by atoms with E-state index in [1.807, 2.05) is 0 Å². The average Bonchev–Trinajstić information content (AvgIpc) is 2.05. The summed E-state index contributed by atoms with van der Waals surface area (Å²) in [5.74, 6) is -0.978. The minimum atomic E-state index is -1.13. The molecule has 6 heteroatoms. The van der Waals surface area contributed by atoms with Gasteiger partial charge in [-0.05, 0) is 0 Å². The number of alkyl halides is 1. The summed E-state index contributed by atoms with van der Waals surface area (Å²) in [6.45, 7) is 0. The molecule has 0 amide bonds. The number of ether oxygens (including phenoxy) is 1. The molecule has 1 rings (SSSR count). The normalized spacial score (nSPS) is 9.42. The molecule has 0 bridgehead atoms. The largest absolute Gasteiger partial charge is 0.477 e. The minimum Gasteiger partial charge on any atom is -0.477 e. The van der Waals surface area contributed by atoms with Crippen LogP contribution < -0.4 is 4.74 Å². The third-order valence-electron chi connectivity index (χ3n) is 1.06. The second-order valence-corrected chi connectivity index (χ2v) is 2.02. The number of carbonyl (C=O) groups is 1. The first-order valence-corrected chi connectivity index (χ1v) is 3.51. The van der Waals surface area contributed by atoms with Crippen molar-refractivity contribution in [3.8, 4) is 5.88 Å². The van der Waals surface area contributed by atoms with Gasteiger partial charge in [-0.1, -0.05) is 11.6 Å². The van der Waals surface area contributed by atoms with Crippen molar-refractivity contribution in [2.24, 2.45) is 0 Å². The summed E-state index contributed by atoms with van der Waals surface area (Å²) in [5, 5.41) is 8.50. The van der Waals surface area contributed by atoms with Crippen molar-refractivity contribution >= 4 is 17.6 Å². The molecule has 0 saturated carbocycles. The standard InChI is InChI=1S/C6H5ClN2O3/c7-2-12-5-1-4(6(10)11)8-3-9-5/h1,3H,2H2,(H,10,11). The Morgan fingerprint density at radius 2 is 2.42 bits per heavy atom. The Balaban J connectivity index is 2.88. The number of carboxylic acid groups (broad SMARTS) is 1. The molecule has 1 aromatic heterocycles. The van der Waals surface area contributed by atoms with E-state index >= 15 is 0 Å². The molecule has 0 aliphatic heterocycles. The highest BCUT2D eigenvalue weighted by Crippen LogP contribution is 2.06. The molecule has 12 heavy (non-hydrogen) atoms. The highest BCUT2D eigenvalue weighted by Gasteiger charge is 2.05. The van der Waals surface area contributed by atoms with E-state index in [9.17, 15) is 4.79 Å². The predicted octanol–water partition coefficient (Wildman–Crippen LogP) is 0.750. The van der Waals surface area contributed by atoms with Gasteiger partial charge in [-0.3, -0.25) is 0 Å². The first kappa shape index (κ1) is 8.73. The molecular formula is C6H5ClN2O3. The number of carboxylic acids is 1. The van der Waals surface area contributed by atoms with Gasteiger partial charge in [0.2, 0.25) is 5.88 Å². The Morgan fingerprint density at radius 3 is 3.00 bits per heavy atom. The van der Waals surface area contributed by atoms with E-state index in [1.165, 1.54) is 6.07 Å². The van der Waals surface area contributed by atoms with Crippen LogP contribution in [0.15, 0.2) is 12.4 Å². The molecule has 1 N–H and O–H groups in total. The molecule has 0 spiro atoms. The molecule has 0 aliphatic rings. The fraction of sp³-hybridized carbons (Fsp3) is 0.167. The summed E-state index contributed by atoms with van der Waals surface area (Å²) in [6, 6.07) is 1.13. The van der Waals surface area contributed by atoms with Gasteiger partial charge in [-0.25, -0.2) is 14.8 Å². The first-order valence-electron chi connectivity index (χ1n) is 2.98. The van der Waals surface area contributed by atoms with Crippen LogP contribution in [0.3, 0.4) is 0 Å². The summed E-state index contributed by atoms with van der Waals surface area (Å²) in [7, 11) is 0. The zero-order valence-corrected chi connectivity index (χ0v) is 6.65. The van der Waals surface area contributed by atoms with E-state index < -0.39 is 5.97 Å². The Morgan fingerprint density at radius 1 is 1.67 bits per heavy atom. The number of rotatable bonds is 3. The molecule has 64 valence electrons. The van der Waals surface area contributed by atoms with E-state index in [1.54, 1.807) is 0 Å². The van der Waals surface area contributed by atoms with Gasteiger partial charge in [-0.15, -0.1) is 0 Å². The van der Waals surface area contributed by atoms with Gasteiger partial charge in [-0.2, -0.15) is 0 Å². The van der Waals surface area contributed by atoms with E-state index in [-0.39, 0.29) is 17.6 Å². The molecule has 5 nitrogen and oxygen atoms in total. The summed E-state index contributed by atoms with van der Waals surface area (Å²) in [4.78, 5) is 17.5. The van der Waals surface area contributed by atoms with Crippen LogP contribution in [0.2, 0.25) is 0 Å². The first-order chi connectivity index (χ1) is 5.74. The highest BCUT2D eigenvalue weighted by molar-refractivity contribution is 6.17. The molecule has 1 heterocycles. The van der Waals surface area contributed by atoms with Crippen molar-refractivity contribution in [2.45, 2.75) is 0 Å². The summed E-state index contributed by atoms with van der Waals surface area (Å²) < 4.78 is 4.75. The Kier molecular flexibility index (Phi) is 2.82. The Hall–Kier alpha value is -1.36. The minimum absolute atomic E-state index is 0.0733. The maximum Gasteiger partial charge on any atom is 0.354 e. The van der Waals surface area contributed by atoms with Gasteiger partial charge in [0.25, 0.3) is 0 Å². The van der Waals surface area contributed by atoms with Gasteiger partial charge in [0.15, 0.2) is 11.8 Å². The van der Waals surface area contributed by atoms with Crippen molar-refractivity contribution < 1.29 is 14.6 Å². The van der Waals surface area contributed by atoms with Gasteiger partial charge in [0.1, 0.15) is 6.33 Å². The highest BCUT2D eigenvalue weighted by atomic mass is 35.5. The molecular weight excluding hydrogens is 184 g/mol. The zero-order chi connectivity index (χ0) is 8.97. The third-order valence-corrected chi connectivity index (χ3v) is 1.17. The lowest BCUT2D eigenvalue weighted by atomic mass is 10.4. The fourth-order valence-electron chi connectivity index (χ4n) is 0.591. The van der Waals surface area contributed by atoms with Crippen molar-refractivity contribution in [1.29, 1.82) is 0 Å². The topological polar surface area (TPSA) is 72.3 Å². The number of aromatic nitrogens is 2. The lowest BCUT2D eigenvalue weighted by molar-refractivity contribution is 0.0689. The summed E-state index contributed by atoms with van der Waals surface area (Å²) in [6.07, 6.45) is 1.10. The molecule has 0 saturated heterocycles. The van der Waals surface area contributed by atoms with Crippen LogP contribution in [-0.2, 0) is 0 Å². The Labute approximate surface area is 73.0 Å². The van der Waals surface area contributed by atoms with E-state index in [0.29, 0.717) is 0 Å². The summed E-state index contributed by atoms with van der Waals surface area (Å²) >= 11 is 5.24. The third kappa shape index (κ3) is 2.06. The molecule has 0 fully saturated rings. The van der Waals surface area contributed by atoms with Crippen LogP contribution in [0.4, 0.5) is 0 Å². The number of hydrogen-bond acceptors (Lipinski definition) is 4. The smallest absolute Gasteiger partial charge is 0.354 e.